The minimum Gasteiger partial charge on any atom is -0.340 e. The Balaban J connectivity index is 2.18. The van der Waals surface area contributed by atoms with Crippen molar-refractivity contribution < 1.29 is 9.59 Å². The van der Waals surface area contributed by atoms with Crippen molar-refractivity contribution >= 4 is 23.2 Å². The van der Waals surface area contributed by atoms with Crippen molar-refractivity contribution in [1.29, 1.82) is 0 Å². The molecule has 1 fully saturated rings. The Morgan fingerprint density at radius 1 is 1.40 bits per heavy atom. The lowest BCUT2D eigenvalue weighted by atomic mass is 9.91. The van der Waals surface area contributed by atoms with Crippen LogP contribution in [0.1, 0.15) is 32.6 Å². The van der Waals surface area contributed by atoms with E-state index in [1.54, 1.807) is 30.1 Å². The fraction of sp³-hybridized carbons (Fsp3) is 0.600. The van der Waals surface area contributed by atoms with E-state index in [-0.39, 0.29) is 23.8 Å². The van der Waals surface area contributed by atoms with E-state index in [1.807, 2.05) is 25.3 Å². The summed E-state index contributed by atoms with van der Waals surface area (Å²) >= 11 is 1.68. The van der Waals surface area contributed by atoms with Crippen molar-refractivity contribution in [2.75, 3.05) is 6.54 Å². The lowest BCUT2D eigenvalue weighted by Gasteiger charge is -2.44. The molecule has 1 unspecified atom stereocenters. The Morgan fingerprint density at radius 2 is 2.10 bits per heavy atom. The summed E-state index contributed by atoms with van der Waals surface area (Å²) in [5, 5.41) is 4.86. The molecule has 1 aliphatic heterocycles. The van der Waals surface area contributed by atoms with Gasteiger partial charge in [0.2, 0.25) is 11.8 Å². The third-order valence-electron chi connectivity index (χ3n) is 3.65. The molecule has 1 aromatic heterocycles. The number of hydrogen-bond donors (Lipinski definition) is 1. The average Bonchev–Trinajstić information content (AvgIpc) is 2.83. The molecule has 2 amide bonds. The monoisotopic (exact) mass is 294 g/mol. The maximum Gasteiger partial charge on any atom is 0.248 e. The predicted molar refractivity (Wildman–Crippen MR) is 80.6 cm³/mol. The zero-order valence-electron chi connectivity index (χ0n) is 12.5. The first-order valence-corrected chi connectivity index (χ1v) is 7.86. The molecule has 1 N–H and O–H groups in total. The smallest absolute Gasteiger partial charge is 0.248 e. The van der Waals surface area contributed by atoms with Crippen LogP contribution in [-0.4, -0.2) is 34.8 Å². The molecule has 2 heterocycles. The predicted octanol–water partition coefficient (Wildman–Crippen LogP) is 2.05. The number of nitrogens with zero attached hydrogens (tertiary/aromatic N) is 1. The Morgan fingerprint density at radius 3 is 2.65 bits per heavy atom. The van der Waals surface area contributed by atoms with Crippen molar-refractivity contribution in [2.24, 2.45) is 5.92 Å². The zero-order chi connectivity index (χ0) is 14.9. The van der Waals surface area contributed by atoms with Crippen LogP contribution in [0.25, 0.3) is 0 Å². The number of carbonyl (C=O) groups is 2. The van der Waals surface area contributed by atoms with Crippen LogP contribution in [0.4, 0.5) is 0 Å². The highest BCUT2D eigenvalue weighted by molar-refractivity contribution is 7.09. The molecule has 0 bridgehead atoms. The Bertz CT molecular complexity index is 494. The van der Waals surface area contributed by atoms with Crippen LogP contribution in [0.3, 0.4) is 0 Å². The normalized spacial score (nSPS) is 22.2. The molecule has 1 aromatic rings. The molecule has 0 spiro atoms. The molecule has 4 nitrogen and oxygen atoms in total. The SMILES string of the molecule is CC(C)C1C(=O)NC(C)(C)C(=O)N1CCc1cccs1. The molecule has 0 aliphatic carbocycles. The quantitative estimate of drug-likeness (QED) is 0.924. The largest absolute Gasteiger partial charge is 0.340 e. The first kappa shape index (κ1) is 15.0. The van der Waals surface area contributed by atoms with E-state index in [0.29, 0.717) is 6.54 Å². The second kappa shape index (κ2) is 5.56. The second-order valence-corrected chi connectivity index (χ2v) is 7.16. The van der Waals surface area contributed by atoms with Gasteiger partial charge in [0, 0.05) is 11.4 Å². The summed E-state index contributed by atoms with van der Waals surface area (Å²) in [6.45, 7) is 8.09. The summed E-state index contributed by atoms with van der Waals surface area (Å²) in [4.78, 5) is 27.8. The van der Waals surface area contributed by atoms with E-state index in [1.165, 1.54) is 4.88 Å². The third-order valence-corrected chi connectivity index (χ3v) is 4.58. The summed E-state index contributed by atoms with van der Waals surface area (Å²) in [6.07, 6.45) is 0.802. The van der Waals surface area contributed by atoms with Crippen molar-refractivity contribution in [3.8, 4) is 0 Å². The number of thiophene rings is 1. The molecule has 5 heteroatoms. The number of piperazine rings is 1. The first-order chi connectivity index (χ1) is 9.33. The minimum absolute atomic E-state index is 0.00681. The van der Waals surface area contributed by atoms with Crippen molar-refractivity contribution in [1.82, 2.24) is 10.2 Å². The highest BCUT2D eigenvalue weighted by Crippen LogP contribution is 2.23. The maximum atomic E-state index is 12.6. The standard InChI is InChI=1S/C15H22N2O2S/c1-10(2)12-13(18)16-15(3,4)14(19)17(12)8-7-11-6-5-9-20-11/h5-6,9-10,12H,7-8H2,1-4H3,(H,16,18). The summed E-state index contributed by atoms with van der Waals surface area (Å²) in [7, 11) is 0. The van der Waals surface area contributed by atoms with Crippen LogP contribution >= 0.6 is 11.3 Å². The second-order valence-electron chi connectivity index (χ2n) is 6.13. The van der Waals surface area contributed by atoms with Crippen LogP contribution in [-0.2, 0) is 16.0 Å². The van der Waals surface area contributed by atoms with Gasteiger partial charge < -0.3 is 10.2 Å². The Labute approximate surface area is 124 Å². The zero-order valence-corrected chi connectivity index (χ0v) is 13.3. The number of nitrogens with one attached hydrogen (secondary N) is 1. The van der Waals surface area contributed by atoms with Gasteiger partial charge in [0.25, 0.3) is 0 Å². The molecule has 0 aromatic carbocycles. The van der Waals surface area contributed by atoms with Gasteiger partial charge in [-0.15, -0.1) is 11.3 Å². The number of hydrogen-bond acceptors (Lipinski definition) is 3. The van der Waals surface area contributed by atoms with Gasteiger partial charge >= 0.3 is 0 Å². The molecule has 0 radical (unpaired) electrons. The summed E-state index contributed by atoms with van der Waals surface area (Å²) in [6, 6.07) is 3.71. The molecule has 1 aliphatic rings. The first-order valence-electron chi connectivity index (χ1n) is 6.98. The van der Waals surface area contributed by atoms with Gasteiger partial charge in [0.1, 0.15) is 11.6 Å². The van der Waals surface area contributed by atoms with Crippen LogP contribution in [0.15, 0.2) is 17.5 Å². The number of rotatable bonds is 4. The van der Waals surface area contributed by atoms with Crippen molar-refractivity contribution in [2.45, 2.75) is 45.7 Å². The Hall–Kier alpha value is -1.36. The maximum absolute atomic E-state index is 12.6. The van der Waals surface area contributed by atoms with E-state index in [4.69, 9.17) is 0 Å². The molecule has 2 rings (SSSR count). The highest BCUT2D eigenvalue weighted by Gasteiger charge is 2.45. The van der Waals surface area contributed by atoms with Gasteiger partial charge in [-0.3, -0.25) is 9.59 Å². The fourth-order valence-electron chi connectivity index (χ4n) is 2.65. The lowest BCUT2D eigenvalue weighted by Crippen LogP contribution is -2.69. The van der Waals surface area contributed by atoms with Gasteiger partial charge in [0.05, 0.1) is 0 Å². The molecule has 1 atom stereocenters. The van der Waals surface area contributed by atoms with Crippen molar-refractivity contribution in [3.63, 3.8) is 0 Å². The molecule has 1 saturated heterocycles. The van der Waals surface area contributed by atoms with Crippen LogP contribution in [0.2, 0.25) is 0 Å². The van der Waals surface area contributed by atoms with Gasteiger partial charge in [-0.05, 0) is 37.6 Å². The van der Waals surface area contributed by atoms with E-state index in [2.05, 4.69) is 11.4 Å². The molecule has 0 saturated carbocycles. The highest BCUT2D eigenvalue weighted by atomic mass is 32.1. The van der Waals surface area contributed by atoms with E-state index in [0.717, 1.165) is 6.42 Å². The molecular formula is C15H22N2O2S. The summed E-state index contributed by atoms with van der Waals surface area (Å²) < 4.78 is 0. The van der Waals surface area contributed by atoms with E-state index in [9.17, 15) is 9.59 Å². The van der Waals surface area contributed by atoms with Crippen molar-refractivity contribution in [3.05, 3.63) is 22.4 Å². The van der Waals surface area contributed by atoms with E-state index < -0.39 is 5.54 Å². The van der Waals surface area contributed by atoms with Gasteiger partial charge in [0.15, 0.2) is 0 Å². The number of amides is 2. The molecule has 110 valence electrons. The van der Waals surface area contributed by atoms with Gasteiger partial charge in [-0.2, -0.15) is 0 Å². The average molecular weight is 294 g/mol. The molecule has 20 heavy (non-hydrogen) atoms. The lowest BCUT2D eigenvalue weighted by molar-refractivity contribution is -0.155. The van der Waals surface area contributed by atoms with Crippen LogP contribution in [0.5, 0.6) is 0 Å². The Kier molecular flexibility index (Phi) is 4.18. The fourth-order valence-corrected chi connectivity index (χ4v) is 3.35. The molecular weight excluding hydrogens is 272 g/mol. The van der Waals surface area contributed by atoms with E-state index >= 15 is 0 Å². The number of carbonyl (C=O) groups excluding carboxylic acids is 2. The third kappa shape index (κ3) is 2.87. The summed E-state index contributed by atoms with van der Waals surface area (Å²) in [5.41, 5.74) is -0.808. The van der Waals surface area contributed by atoms with Crippen LogP contribution < -0.4 is 5.32 Å². The minimum atomic E-state index is -0.808. The van der Waals surface area contributed by atoms with Gasteiger partial charge in [-0.1, -0.05) is 19.9 Å². The topological polar surface area (TPSA) is 49.4 Å². The van der Waals surface area contributed by atoms with Crippen LogP contribution in [0, 0.1) is 5.92 Å². The van der Waals surface area contributed by atoms with Gasteiger partial charge in [-0.25, -0.2) is 0 Å². The summed E-state index contributed by atoms with van der Waals surface area (Å²) in [5.74, 6) is 0.0709.